The van der Waals surface area contributed by atoms with Gasteiger partial charge >= 0.3 is 5.97 Å². The number of hydrogen-bond donors (Lipinski definition) is 2. The molecule has 1 aliphatic carbocycles. The monoisotopic (exact) mass is 311 g/mol. The Morgan fingerprint density at radius 3 is 2.24 bits per heavy atom. The molecule has 0 saturated heterocycles. The summed E-state index contributed by atoms with van der Waals surface area (Å²) < 4.78 is 24.5. The number of rotatable bonds is 6. The van der Waals surface area contributed by atoms with Gasteiger partial charge in [-0.25, -0.2) is 8.42 Å². The summed E-state index contributed by atoms with van der Waals surface area (Å²) in [5.74, 6) is -1.76. The smallest absolute Gasteiger partial charge is 0.312 e. The SMILES string of the molecule is CCc1ccc([C@@H]2[C@@H](S(=O)(=O)CC)[C@@]2(CN)C(=O)O)cc1. The predicted molar refractivity (Wildman–Crippen MR) is 80.9 cm³/mol. The van der Waals surface area contributed by atoms with Crippen LogP contribution in [0.1, 0.15) is 30.9 Å². The second-order valence-corrected chi connectivity index (χ2v) is 7.91. The molecule has 0 spiro atoms. The molecule has 21 heavy (non-hydrogen) atoms. The molecule has 0 aliphatic heterocycles. The van der Waals surface area contributed by atoms with Crippen molar-refractivity contribution in [3.63, 3.8) is 0 Å². The molecular weight excluding hydrogens is 290 g/mol. The summed E-state index contributed by atoms with van der Waals surface area (Å²) in [5, 5.41) is 8.60. The summed E-state index contributed by atoms with van der Waals surface area (Å²) in [6.45, 7) is 3.39. The molecule has 5 nitrogen and oxygen atoms in total. The van der Waals surface area contributed by atoms with Crippen LogP contribution in [0.3, 0.4) is 0 Å². The number of nitrogens with two attached hydrogens (primary N) is 1. The van der Waals surface area contributed by atoms with Gasteiger partial charge in [0.05, 0.1) is 5.25 Å². The number of hydrogen-bond acceptors (Lipinski definition) is 4. The van der Waals surface area contributed by atoms with Crippen molar-refractivity contribution < 1.29 is 18.3 Å². The molecule has 0 unspecified atom stereocenters. The predicted octanol–water partition coefficient (Wildman–Crippen LogP) is 1.18. The third-order valence-corrected chi connectivity index (χ3v) is 6.80. The normalized spacial score (nSPS) is 28.3. The zero-order chi connectivity index (χ0) is 15.8. The van der Waals surface area contributed by atoms with Gasteiger partial charge in [-0.2, -0.15) is 0 Å². The minimum Gasteiger partial charge on any atom is -0.481 e. The van der Waals surface area contributed by atoms with E-state index in [9.17, 15) is 18.3 Å². The summed E-state index contributed by atoms with van der Waals surface area (Å²) in [4.78, 5) is 11.6. The average molecular weight is 311 g/mol. The highest BCUT2D eigenvalue weighted by Crippen LogP contribution is 2.62. The van der Waals surface area contributed by atoms with E-state index >= 15 is 0 Å². The van der Waals surface area contributed by atoms with Crippen molar-refractivity contribution in [2.24, 2.45) is 11.1 Å². The third kappa shape index (κ3) is 2.36. The van der Waals surface area contributed by atoms with Crippen molar-refractivity contribution in [2.45, 2.75) is 31.4 Å². The first-order chi connectivity index (χ1) is 9.85. The summed E-state index contributed by atoms with van der Waals surface area (Å²) in [6, 6.07) is 7.46. The van der Waals surface area contributed by atoms with Crippen molar-refractivity contribution in [2.75, 3.05) is 12.3 Å². The number of benzene rings is 1. The molecule has 2 rings (SSSR count). The van der Waals surface area contributed by atoms with E-state index < -0.39 is 32.4 Å². The van der Waals surface area contributed by atoms with Crippen LogP contribution in [0.15, 0.2) is 24.3 Å². The Morgan fingerprint density at radius 2 is 1.86 bits per heavy atom. The Kier molecular flexibility index (Phi) is 4.13. The van der Waals surface area contributed by atoms with Gasteiger partial charge < -0.3 is 10.8 Å². The lowest BCUT2D eigenvalue weighted by atomic mass is 9.98. The van der Waals surface area contributed by atoms with Gasteiger partial charge in [0, 0.05) is 18.2 Å². The van der Waals surface area contributed by atoms with E-state index in [-0.39, 0.29) is 12.3 Å². The lowest BCUT2D eigenvalue weighted by molar-refractivity contribution is -0.143. The maximum absolute atomic E-state index is 12.2. The molecule has 1 aliphatic rings. The quantitative estimate of drug-likeness (QED) is 0.822. The molecule has 1 aromatic carbocycles. The van der Waals surface area contributed by atoms with Crippen LogP contribution in [-0.4, -0.2) is 37.0 Å². The molecule has 0 bridgehead atoms. The Balaban J connectivity index is 2.47. The highest BCUT2D eigenvalue weighted by Gasteiger charge is 2.74. The fourth-order valence-electron chi connectivity index (χ4n) is 3.13. The lowest BCUT2D eigenvalue weighted by Crippen LogP contribution is -2.32. The second kappa shape index (κ2) is 5.42. The minimum absolute atomic E-state index is 0.0732. The van der Waals surface area contributed by atoms with Crippen molar-refractivity contribution >= 4 is 15.8 Å². The van der Waals surface area contributed by atoms with E-state index in [2.05, 4.69) is 0 Å². The van der Waals surface area contributed by atoms with Crippen molar-refractivity contribution in [1.29, 1.82) is 0 Å². The number of carboxylic acid groups (broad SMARTS) is 1. The molecule has 3 N–H and O–H groups in total. The topological polar surface area (TPSA) is 97.5 Å². The molecule has 0 heterocycles. The first-order valence-electron chi connectivity index (χ1n) is 7.09. The number of aryl methyl sites for hydroxylation is 1. The van der Waals surface area contributed by atoms with Gasteiger partial charge in [0.25, 0.3) is 0 Å². The fraction of sp³-hybridized carbons (Fsp3) is 0.533. The summed E-state index contributed by atoms with van der Waals surface area (Å²) in [7, 11) is -3.46. The molecule has 0 radical (unpaired) electrons. The fourth-order valence-corrected chi connectivity index (χ4v) is 5.21. The first kappa shape index (κ1) is 16.0. The number of carboxylic acids is 1. The number of aliphatic carboxylic acids is 1. The van der Waals surface area contributed by atoms with Gasteiger partial charge in [0.15, 0.2) is 9.84 Å². The standard InChI is InChI=1S/C15H21NO4S/c1-3-10-5-7-11(8-6-10)12-13(21(19,20)4-2)15(12,9-16)14(17)18/h5-8,12-13H,3-4,9,16H2,1-2H3,(H,17,18)/t12-,13-,15+/m1/s1. The largest absolute Gasteiger partial charge is 0.481 e. The van der Waals surface area contributed by atoms with Crippen LogP contribution in [0.2, 0.25) is 0 Å². The molecule has 0 amide bonds. The summed E-state index contributed by atoms with van der Waals surface area (Å²) in [6.07, 6.45) is 0.878. The van der Waals surface area contributed by atoms with Crippen LogP contribution >= 0.6 is 0 Å². The zero-order valence-corrected chi connectivity index (χ0v) is 13.1. The maximum Gasteiger partial charge on any atom is 0.312 e. The Morgan fingerprint density at radius 1 is 1.29 bits per heavy atom. The van der Waals surface area contributed by atoms with Crippen molar-refractivity contribution in [3.8, 4) is 0 Å². The van der Waals surface area contributed by atoms with Crippen LogP contribution in [0.4, 0.5) is 0 Å². The van der Waals surface area contributed by atoms with E-state index in [0.29, 0.717) is 0 Å². The van der Waals surface area contributed by atoms with Gasteiger partial charge in [-0.1, -0.05) is 38.1 Å². The van der Waals surface area contributed by atoms with Gasteiger partial charge in [0.2, 0.25) is 0 Å². The van der Waals surface area contributed by atoms with E-state index in [1.54, 1.807) is 0 Å². The Hall–Kier alpha value is -1.40. The van der Waals surface area contributed by atoms with Crippen LogP contribution < -0.4 is 5.73 Å². The van der Waals surface area contributed by atoms with Crippen molar-refractivity contribution in [3.05, 3.63) is 35.4 Å². The molecule has 6 heteroatoms. The molecular formula is C15H21NO4S. The van der Waals surface area contributed by atoms with E-state index in [0.717, 1.165) is 17.5 Å². The molecule has 1 aromatic rings. The van der Waals surface area contributed by atoms with Gasteiger partial charge in [0.1, 0.15) is 5.41 Å². The molecule has 116 valence electrons. The number of carbonyl (C=O) groups is 1. The van der Waals surface area contributed by atoms with Crippen LogP contribution in [0.25, 0.3) is 0 Å². The number of sulfone groups is 1. The van der Waals surface area contributed by atoms with E-state index in [4.69, 9.17) is 5.73 Å². The van der Waals surface area contributed by atoms with Crippen LogP contribution in [-0.2, 0) is 21.1 Å². The average Bonchev–Trinajstić information content (AvgIpc) is 3.19. The van der Waals surface area contributed by atoms with Crippen LogP contribution in [0, 0.1) is 5.41 Å². The van der Waals surface area contributed by atoms with Crippen LogP contribution in [0.5, 0.6) is 0 Å². The van der Waals surface area contributed by atoms with Gasteiger partial charge in [-0.3, -0.25) is 4.79 Å². The summed E-state index contributed by atoms with van der Waals surface area (Å²) in [5.41, 5.74) is 6.13. The van der Waals surface area contributed by atoms with Gasteiger partial charge in [-0.15, -0.1) is 0 Å². The molecule has 3 atom stereocenters. The molecule has 1 fully saturated rings. The third-order valence-electron chi connectivity index (χ3n) is 4.53. The minimum atomic E-state index is -3.46. The molecule has 1 saturated carbocycles. The lowest BCUT2D eigenvalue weighted by Gasteiger charge is -2.09. The highest BCUT2D eigenvalue weighted by atomic mass is 32.2. The van der Waals surface area contributed by atoms with Crippen molar-refractivity contribution in [1.82, 2.24) is 0 Å². The van der Waals surface area contributed by atoms with E-state index in [1.807, 2.05) is 31.2 Å². The Bertz CT molecular complexity index is 638. The second-order valence-electron chi connectivity index (χ2n) is 5.49. The first-order valence-corrected chi connectivity index (χ1v) is 8.80. The highest BCUT2D eigenvalue weighted by molar-refractivity contribution is 7.92. The van der Waals surface area contributed by atoms with E-state index in [1.165, 1.54) is 6.92 Å². The zero-order valence-electron chi connectivity index (χ0n) is 12.2. The van der Waals surface area contributed by atoms with Gasteiger partial charge in [-0.05, 0) is 17.5 Å². The molecule has 0 aromatic heterocycles. The summed E-state index contributed by atoms with van der Waals surface area (Å²) >= 11 is 0. The maximum atomic E-state index is 12.2. The Labute approximate surface area is 125 Å².